The molecule has 0 unspecified atom stereocenters. The van der Waals surface area contributed by atoms with Crippen LogP contribution in [0.4, 0.5) is 0 Å². The molecular formula is C13H16Cl2N4O. The van der Waals surface area contributed by atoms with Gasteiger partial charge < -0.3 is 0 Å². The fourth-order valence-electron chi connectivity index (χ4n) is 2.11. The molecule has 0 amide bonds. The van der Waals surface area contributed by atoms with Gasteiger partial charge in [0.05, 0.1) is 12.2 Å². The van der Waals surface area contributed by atoms with Gasteiger partial charge in [-0.3, -0.25) is 14.0 Å². The van der Waals surface area contributed by atoms with Crippen LogP contribution in [0.1, 0.15) is 36.8 Å². The van der Waals surface area contributed by atoms with Gasteiger partial charge in [0.25, 0.3) is 5.56 Å². The van der Waals surface area contributed by atoms with Crippen LogP contribution in [0.3, 0.4) is 0 Å². The molecule has 0 saturated heterocycles. The summed E-state index contributed by atoms with van der Waals surface area (Å²) in [4.78, 5) is 16.4. The lowest BCUT2D eigenvalue weighted by molar-refractivity contribution is 0.623. The maximum absolute atomic E-state index is 12.2. The first-order valence-corrected chi connectivity index (χ1v) is 7.02. The minimum absolute atomic E-state index is 0.0807. The van der Waals surface area contributed by atoms with Crippen molar-refractivity contribution in [1.82, 2.24) is 19.3 Å². The molecule has 0 radical (unpaired) electrons. The molecule has 0 spiro atoms. The van der Waals surface area contributed by atoms with Gasteiger partial charge >= 0.3 is 0 Å². The molecule has 0 aliphatic heterocycles. The number of aryl methyl sites for hydroxylation is 2. The summed E-state index contributed by atoms with van der Waals surface area (Å²) in [5, 5.41) is 4.99. The molecule has 20 heavy (non-hydrogen) atoms. The lowest BCUT2D eigenvalue weighted by Gasteiger charge is -2.14. The van der Waals surface area contributed by atoms with Crippen molar-refractivity contribution in [3.8, 4) is 0 Å². The molecule has 0 N–H and O–H groups in total. The minimum Gasteiger partial charge on any atom is -0.292 e. The molecule has 2 heterocycles. The number of halogens is 2. The van der Waals surface area contributed by atoms with E-state index in [1.807, 2.05) is 20.8 Å². The van der Waals surface area contributed by atoms with Crippen LogP contribution >= 0.6 is 23.2 Å². The van der Waals surface area contributed by atoms with E-state index >= 15 is 0 Å². The molecule has 2 aromatic heterocycles. The monoisotopic (exact) mass is 314 g/mol. The van der Waals surface area contributed by atoms with E-state index in [9.17, 15) is 4.79 Å². The normalized spacial score (nSPS) is 11.3. The molecule has 2 rings (SSSR count). The van der Waals surface area contributed by atoms with Crippen LogP contribution in [0.2, 0.25) is 10.3 Å². The van der Waals surface area contributed by atoms with Gasteiger partial charge in [-0.1, -0.05) is 37.0 Å². The van der Waals surface area contributed by atoms with E-state index in [0.29, 0.717) is 17.5 Å². The summed E-state index contributed by atoms with van der Waals surface area (Å²) in [6.45, 7) is 6.14. The average Bonchev–Trinajstić information content (AvgIpc) is 2.58. The van der Waals surface area contributed by atoms with E-state index in [-0.39, 0.29) is 16.6 Å². The largest absolute Gasteiger partial charge is 0.292 e. The molecular weight excluding hydrogens is 299 g/mol. The molecule has 0 saturated carbocycles. The first-order chi connectivity index (χ1) is 9.31. The van der Waals surface area contributed by atoms with Gasteiger partial charge in [-0.25, -0.2) is 4.98 Å². The van der Waals surface area contributed by atoms with Crippen molar-refractivity contribution >= 4 is 23.2 Å². The second-order valence-electron chi connectivity index (χ2n) is 4.99. The molecule has 0 fully saturated rings. The van der Waals surface area contributed by atoms with Crippen molar-refractivity contribution < 1.29 is 0 Å². The van der Waals surface area contributed by atoms with E-state index < -0.39 is 0 Å². The van der Waals surface area contributed by atoms with Crippen LogP contribution in [0.15, 0.2) is 10.9 Å². The van der Waals surface area contributed by atoms with Crippen LogP contribution in [-0.4, -0.2) is 19.3 Å². The van der Waals surface area contributed by atoms with Gasteiger partial charge in [-0.2, -0.15) is 5.10 Å². The predicted octanol–water partition coefficient (Wildman–Crippen LogP) is 2.76. The highest BCUT2D eigenvalue weighted by atomic mass is 35.5. The van der Waals surface area contributed by atoms with Crippen LogP contribution in [0, 0.1) is 6.92 Å². The Hall–Kier alpha value is -1.33. The third-order valence-electron chi connectivity index (χ3n) is 3.11. The van der Waals surface area contributed by atoms with E-state index in [1.54, 1.807) is 16.3 Å². The molecule has 0 atom stereocenters. The van der Waals surface area contributed by atoms with Gasteiger partial charge in [0.2, 0.25) is 0 Å². The summed E-state index contributed by atoms with van der Waals surface area (Å²) in [5.41, 5.74) is 1.43. The second-order valence-corrected chi connectivity index (χ2v) is 5.74. The molecule has 0 aromatic carbocycles. The molecule has 0 bridgehead atoms. The molecule has 5 nitrogen and oxygen atoms in total. The Labute approximate surface area is 127 Å². The topological polar surface area (TPSA) is 52.7 Å². The Morgan fingerprint density at radius 3 is 2.50 bits per heavy atom. The summed E-state index contributed by atoms with van der Waals surface area (Å²) < 4.78 is 3.18. The van der Waals surface area contributed by atoms with E-state index in [0.717, 1.165) is 11.3 Å². The highest BCUT2D eigenvalue weighted by Gasteiger charge is 2.17. The lowest BCUT2D eigenvalue weighted by atomic mass is 10.2. The van der Waals surface area contributed by atoms with Gasteiger partial charge in [-0.15, -0.1) is 0 Å². The van der Waals surface area contributed by atoms with Crippen molar-refractivity contribution in [2.24, 2.45) is 7.05 Å². The van der Waals surface area contributed by atoms with Gasteiger partial charge in [0.15, 0.2) is 0 Å². The Kier molecular flexibility index (Phi) is 4.20. The maximum Gasteiger partial charge on any atom is 0.255 e. The van der Waals surface area contributed by atoms with Crippen LogP contribution in [0.5, 0.6) is 0 Å². The molecule has 0 aliphatic rings. The van der Waals surface area contributed by atoms with Gasteiger partial charge in [0.1, 0.15) is 16.1 Å². The number of rotatable bonds is 3. The van der Waals surface area contributed by atoms with Gasteiger partial charge in [-0.05, 0) is 6.92 Å². The number of hydrogen-bond donors (Lipinski definition) is 0. The van der Waals surface area contributed by atoms with E-state index in [2.05, 4.69) is 10.1 Å². The molecule has 2 aromatic rings. The first-order valence-electron chi connectivity index (χ1n) is 6.26. The summed E-state index contributed by atoms with van der Waals surface area (Å²) in [6.07, 6.45) is 0. The van der Waals surface area contributed by atoms with Crippen LogP contribution < -0.4 is 5.56 Å². The Morgan fingerprint density at radius 1 is 1.35 bits per heavy atom. The fourth-order valence-corrected chi connectivity index (χ4v) is 2.52. The highest BCUT2D eigenvalue weighted by molar-refractivity contribution is 6.30. The smallest absolute Gasteiger partial charge is 0.255 e. The van der Waals surface area contributed by atoms with Crippen molar-refractivity contribution in [1.29, 1.82) is 0 Å². The number of aromatic nitrogens is 4. The third kappa shape index (κ3) is 2.74. The number of nitrogens with zero attached hydrogens (tertiary/aromatic N) is 4. The van der Waals surface area contributed by atoms with Crippen molar-refractivity contribution in [2.75, 3.05) is 0 Å². The van der Waals surface area contributed by atoms with Crippen molar-refractivity contribution in [2.45, 2.75) is 33.2 Å². The summed E-state index contributed by atoms with van der Waals surface area (Å²) >= 11 is 12.1. The lowest BCUT2D eigenvalue weighted by Crippen LogP contribution is -2.26. The quantitative estimate of drug-likeness (QED) is 0.819. The SMILES string of the molecule is Cc1nn(C)c(Cl)c1Cn1c(C(C)C)nc(Cl)cc1=O. The first kappa shape index (κ1) is 15.1. The van der Waals surface area contributed by atoms with E-state index in [1.165, 1.54) is 6.07 Å². The van der Waals surface area contributed by atoms with Gasteiger partial charge in [0, 0.05) is 24.6 Å². The Balaban J connectivity index is 2.56. The second kappa shape index (κ2) is 5.58. The molecule has 7 heteroatoms. The zero-order chi connectivity index (χ0) is 15.0. The predicted molar refractivity (Wildman–Crippen MR) is 79.7 cm³/mol. The Morgan fingerprint density at radius 2 is 2.00 bits per heavy atom. The summed E-state index contributed by atoms with van der Waals surface area (Å²) in [6, 6.07) is 1.31. The summed E-state index contributed by atoms with van der Waals surface area (Å²) in [7, 11) is 1.77. The molecule has 108 valence electrons. The summed E-state index contributed by atoms with van der Waals surface area (Å²) in [5.74, 6) is 0.721. The zero-order valence-corrected chi connectivity index (χ0v) is 13.3. The van der Waals surface area contributed by atoms with Crippen LogP contribution in [-0.2, 0) is 13.6 Å². The maximum atomic E-state index is 12.2. The van der Waals surface area contributed by atoms with E-state index in [4.69, 9.17) is 23.2 Å². The standard InChI is InChI=1S/C13H16Cl2N4O/c1-7(2)13-16-10(14)5-11(20)19(13)6-9-8(3)17-18(4)12(9)15/h5,7H,6H2,1-4H3. The minimum atomic E-state index is -0.187. The third-order valence-corrected chi connectivity index (χ3v) is 3.78. The highest BCUT2D eigenvalue weighted by Crippen LogP contribution is 2.21. The van der Waals surface area contributed by atoms with Crippen LogP contribution in [0.25, 0.3) is 0 Å². The number of hydrogen-bond acceptors (Lipinski definition) is 3. The zero-order valence-electron chi connectivity index (χ0n) is 11.8. The average molecular weight is 315 g/mol. The molecule has 0 aliphatic carbocycles. The van der Waals surface area contributed by atoms with Crippen molar-refractivity contribution in [3.63, 3.8) is 0 Å². The fraction of sp³-hybridized carbons (Fsp3) is 0.462. The van der Waals surface area contributed by atoms with Crippen molar-refractivity contribution in [3.05, 3.63) is 43.8 Å². The Bertz CT molecular complexity index is 703.